The van der Waals surface area contributed by atoms with Gasteiger partial charge in [-0.25, -0.2) is 4.79 Å². The molecule has 0 aliphatic carbocycles. The van der Waals surface area contributed by atoms with Crippen molar-refractivity contribution in [2.45, 2.75) is 12.5 Å². The minimum Gasteiger partial charge on any atom is -0.392 e. The van der Waals surface area contributed by atoms with E-state index in [1.165, 1.54) is 7.05 Å². The summed E-state index contributed by atoms with van der Waals surface area (Å²) in [6, 6.07) is -0.505. The molecule has 1 atom stereocenters. The van der Waals surface area contributed by atoms with Gasteiger partial charge in [-0.05, 0) is 6.42 Å². The first kappa shape index (κ1) is 10.9. The standard InChI is InChI=1S/C8H15N3O3/c1-9-8(14)10-7(13)5-11-3-2-6(12)4-11/h6,12H,2-5H2,1H3,(H2,9,10,13,14)/t6-/m0/s1. The molecule has 1 heterocycles. The SMILES string of the molecule is CNC(=O)NC(=O)CN1CC[C@H](O)C1. The molecule has 1 aliphatic heterocycles. The van der Waals surface area contributed by atoms with Gasteiger partial charge in [0.1, 0.15) is 0 Å². The number of urea groups is 1. The number of β-amino-alcohol motifs (C(OH)–C–C–N with tert-alkyl or cyclic N) is 1. The van der Waals surface area contributed by atoms with E-state index in [4.69, 9.17) is 0 Å². The van der Waals surface area contributed by atoms with Crippen molar-refractivity contribution in [3.8, 4) is 0 Å². The first-order valence-corrected chi connectivity index (χ1v) is 4.54. The van der Waals surface area contributed by atoms with Crippen LogP contribution >= 0.6 is 0 Å². The molecule has 0 aromatic rings. The average molecular weight is 201 g/mol. The number of rotatable bonds is 2. The molecule has 1 fully saturated rings. The van der Waals surface area contributed by atoms with Crippen LogP contribution in [0.4, 0.5) is 4.79 Å². The maximum Gasteiger partial charge on any atom is 0.321 e. The molecule has 1 rings (SSSR count). The quantitative estimate of drug-likeness (QED) is 0.508. The average Bonchev–Trinajstić information content (AvgIpc) is 2.50. The van der Waals surface area contributed by atoms with Gasteiger partial charge in [-0.1, -0.05) is 0 Å². The fraction of sp³-hybridized carbons (Fsp3) is 0.750. The van der Waals surface area contributed by atoms with Crippen molar-refractivity contribution >= 4 is 11.9 Å². The first-order chi connectivity index (χ1) is 6.61. The van der Waals surface area contributed by atoms with Crippen LogP contribution in [0.15, 0.2) is 0 Å². The molecule has 14 heavy (non-hydrogen) atoms. The Morgan fingerprint density at radius 2 is 2.29 bits per heavy atom. The van der Waals surface area contributed by atoms with Crippen LogP contribution in [0, 0.1) is 0 Å². The number of aliphatic hydroxyl groups excluding tert-OH is 1. The van der Waals surface area contributed by atoms with Crippen LogP contribution < -0.4 is 10.6 Å². The summed E-state index contributed by atoms with van der Waals surface area (Å²) in [5.41, 5.74) is 0. The summed E-state index contributed by atoms with van der Waals surface area (Å²) in [5, 5.41) is 13.6. The lowest BCUT2D eigenvalue weighted by Gasteiger charge is -2.13. The Hall–Kier alpha value is -1.14. The summed E-state index contributed by atoms with van der Waals surface area (Å²) in [6.45, 7) is 1.36. The molecule has 3 amide bonds. The fourth-order valence-electron chi connectivity index (χ4n) is 1.39. The third-order valence-corrected chi connectivity index (χ3v) is 2.09. The van der Waals surface area contributed by atoms with Gasteiger partial charge in [0, 0.05) is 20.1 Å². The van der Waals surface area contributed by atoms with Crippen LogP contribution in [-0.4, -0.2) is 54.7 Å². The minimum absolute atomic E-state index is 0.157. The molecule has 1 aliphatic rings. The second-order valence-electron chi connectivity index (χ2n) is 3.30. The molecule has 0 unspecified atom stereocenters. The zero-order valence-electron chi connectivity index (χ0n) is 8.12. The number of hydrogen-bond donors (Lipinski definition) is 3. The topological polar surface area (TPSA) is 81.7 Å². The van der Waals surface area contributed by atoms with Crippen LogP contribution in [0.5, 0.6) is 0 Å². The van der Waals surface area contributed by atoms with E-state index in [1.807, 2.05) is 4.90 Å². The highest BCUT2D eigenvalue weighted by atomic mass is 16.3. The van der Waals surface area contributed by atoms with Crippen LogP contribution in [0.25, 0.3) is 0 Å². The first-order valence-electron chi connectivity index (χ1n) is 4.54. The second-order valence-corrected chi connectivity index (χ2v) is 3.30. The summed E-state index contributed by atoms with van der Waals surface area (Å²) in [7, 11) is 1.45. The van der Waals surface area contributed by atoms with Gasteiger partial charge in [-0.3, -0.25) is 15.0 Å². The largest absolute Gasteiger partial charge is 0.392 e. The Kier molecular flexibility index (Phi) is 3.84. The van der Waals surface area contributed by atoms with Crippen molar-refractivity contribution < 1.29 is 14.7 Å². The summed E-state index contributed by atoms with van der Waals surface area (Å²) < 4.78 is 0. The monoisotopic (exact) mass is 201 g/mol. The van der Waals surface area contributed by atoms with E-state index in [9.17, 15) is 14.7 Å². The van der Waals surface area contributed by atoms with Gasteiger partial charge in [-0.2, -0.15) is 0 Å². The summed E-state index contributed by atoms with van der Waals surface area (Å²) in [6.07, 6.45) is 0.343. The Balaban J connectivity index is 2.23. The lowest BCUT2D eigenvalue weighted by atomic mass is 10.3. The minimum atomic E-state index is -0.505. The zero-order valence-corrected chi connectivity index (χ0v) is 8.12. The van der Waals surface area contributed by atoms with Crippen molar-refractivity contribution in [3.63, 3.8) is 0 Å². The molecule has 0 saturated carbocycles. The summed E-state index contributed by atoms with van der Waals surface area (Å²) in [5.74, 6) is -0.349. The number of hydrogen-bond acceptors (Lipinski definition) is 4. The fourth-order valence-corrected chi connectivity index (χ4v) is 1.39. The smallest absolute Gasteiger partial charge is 0.321 e. The molecule has 80 valence electrons. The molecular weight excluding hydrogens is 186 g/mol. The number of nitrogens with zero attached hydrogens (tertiary/aromatic N) is 1. The number of aliphatic hydroxyl groups is 1. The normalized spacial score (nSPS) is 22.0. The zero-order chi connectivity index (χ0) is 10.6. The number of likely N-dealkylation sites (tertiary alicyclic amines) is 1. The number of amides is 3. The second kappa shape index (κ2) is 4.92. The van der Waals surface area contributed by atoms with Gasteiger partial charge in [0.2, 0.25) is 5.91 Å². The van der Waals surface area contributed by atoms with E-state index >= 15 is 0 Å². The molecule has 0 bridgehead atoms. The van der Waals surface area contributed by atoms with E-state index in [0.29, 0.717) is 19.5 Å². The van der Waals surface area contributed by atoms with Crippen molar-refractivity contribution in [1.82, 2.24) is 15.5 Å². The van der Waals surface area contributed by atoms with Gasteiger partial charge in [-0.15, -0.1) is 0 Å². The number of carbonyl (C=O) groups is 2. The maximum absolute atomic E-state index is 11.2. The molecular formula is C8H15N3O3. The summed E-state index contributed by atoms with van der Waals surface area (Å²) >= 11 is 0. The third kappa shape index (κ3) is 3.31. The molecule has 6 heteroatoms. The van der Waals surface area contributed by atoms with Crippen molar-refractivity contribution in [1.29, 1.82) is 0 Å². The van der Waals surface area contributed by atoms with Crippen LogP contribution in [-0.2, 0) is 4.79 Å². The van der Waals surface area contributed by atoms with Crippen molar-refractivity contribution in [3.05, 3.63) is 0 Å². The van der Waals surface area contributed by atoms with Gasteiger partial charge >= 0.3 is 6.03 Å². The lowest BCUT2D eigenvalue weighted by molar-refractivity contribution is -0.120. The van der Waals surface area contributed by atoms with Gasteiger partial charge in [0.15, 0.2) is 0 Å². The van der Waals surface area contributed by atoms with Crippen LogP contribution in [0.1, 0.15) is 6.42 Å². The lowest BCUT2D eigenvalue weighted by Crippen LogP contribution is -2.43. The molecule has 0 aromatic heterocycles. The van der Waals surface area contributed by atoms with Crippen molar-refractivity contribution in [2.24, 2.45) is 0 Å². The molecule has 1 saturated heterocycles. The number of imide groups is 1. The van der Waals surface area contributed by atoms with Crippen LogP contribution in [0.2, 0.25) is 0 Å². The maximum atomic E-state index is 11.2. The van der Waals surface area contributed by atoms with E-state index in [-0.39, 0.29) is 18.6 Å². The van der Waals surface area contributed by atoms with E-state index in [1.54, 1.807) is 0 Å². The molecule has 3 N–H and O–H groups in total. The van der Waals surface area contributed by atoms with E-state index in [2.05, 4.69) is 10.6 Å². The van der Waals surface area contributed by atoms with Gasteiger partial charge in [0.25, 0.3) is 0 Å². The highest BCUT2D eigenvalue weighted by molar-refractivity contribution is 5.95. The highest BCUT2D eigenvalue weighted by Crippen LogP contribution is 2.07. The molecule has 0 spiro atoms. The highest BCUT2D eigenvalue weighted by Gasteiger charge is 2.22. The Labute approximate surface area is 82.3 Å². The molecule has 6 nitrogen and oxygen atoms in total. The van der Waals surface area contributed by atoms with Crippen molar-refractivity contribution in [2.75, 3.05) is 26.7 Å². The Bertz CT molecular complexity index is 232. The predicted molar refractivity (Wildman–Crippen MR) is 49.7 cm³/mol. The number of carbonyl (C=O) groups excluding carboxylic acids is 2. The van der Waals surface area contributed by atoms with Crippen LogP contribution in [0.3, 0.4) is 0 Å². The Morgan fingerprint density at radius 1 is 1.57 bits per heavy atom. The summed E-state index contributed by atoms with van der Waals surface area (Å²) in [4.78, 5) is 23.7. The number of nitrogens with one attached hydrogen (secondary N) is 2. The molecule has 0 aromatic carbocycles. The third-order valence-electron chi connectivity index (χ3n) is 2.09. The predicted octanol–water partition coefficient (Wildman–Crippen LogP) is -1.49. The molecule has 0 radical (unpaired) electrons. The van der Waals surface area contributed by atoms with E-state index in [0.717, 1.165) is 0 Å². The van der Waals surface area contributed by atoms with Gasteiger partial charge < -0.3 is 10.4 Å². The van der Waals surface area contributed by atoms with E-state index < -0.39 is 6.03 Å². The van der Waals surface area contributed by atoms with Gasteiger partial charge in [0.05, 0.1) is 12.6 Å². The Morgan fingerprint density at radius 3 is 2.79 bits per heavy atom.